The van der Waals surface area contributed by atoms with E-state index in [0.717, 1.165) is 10.1 Å². The number of anilines is 1. The summed E-state index contributed by atoms with van der Waals surface area (Å²) in [5.74, 6) is 0.989. The van der Waals surface area contributed by atoms with Crippen molar-refractivity contribution in [3.63, 3.8) is 0 Å². The highest BCUT2D eigenvalue weighted by Crippen LogP contribution is 2.32. The predicted octanol–water partition coefficient (Wildman–Crippen LogP) is 3.74. The van der Waals surface area contributed by atoms with Crippen LogP contribution in [0.15, 0.2) is 36.0 Å². The normalized spacial score (nSPS) is 18.9. The van der Waals surface area contributed by atoms with Crippen molar-refractivity contribution in [2.45, 2.75) is 13.8 Å². The Labute approximate surface area is 100 Å². The molecule has 1 aliphatic heterocycles. The van der Waals surface area contributed by atoms with Crippen molar-refractivity contribution in [2.75, 3.05) is 10.7 Å². The first-order valence-corrected chi connectivity index (χ1v) is 6.30. The zero-order valence-electron chi connectivity index (χ0n) is 8.86. The first kappa shape index (κ1) is 10.7. The molecular weight excluding hydrogens is 222 g/mol. The Kier molecular flexibility index (Phi) is 3.12. The molecule has 1 aromatic rings. The van der Waals surface area contributed by atoms with Crippen LogP contribution >= 0.6 is 24.0 Å². The second-order valence-corrected chi connectivity index (χ2v) is 5.11. The van der Waals surface area contributed by atoms with E-state index in [1.54, 1.807) is 11.8 Å². The van der Waals surface area contributed by atoms with Crippen LogP contribution in [0.25, 0.3) is 0 Å². The molecule has 0 atom stereocenters. The summed E-state index contributed by atoms with van der Waals surface area (Å²) in [5.41, 5.74) is 3.73. The Morgan fingerprint density at radius 3 is 2.60 bits per heavy atom. The van der Waals surface area contributed by atoms with Crippen molar-refractivity contribution in [2.24, 2.45) is 0 Å². The van der Waals surface area contributed by atoms with Gasteiger partial charge in [-0.1, -0.05) is 47.8 Å². The lowest BCUT2D eigenvalue weighted by Gasteiger charge is -2.19. The number of benzene rings is 1. The summed E-state index contributed by atoms with van der Waals surface area (Å²) < 4.78 is 0.951. The molecule has 1 fully saturated rings. The summed E-state index contributed by atoms with van der Waals surface area (Å²) in [4.78, 5) is 2.15. The number of hydrogen-bond acceptors (Lipinski definition) is 2. The average Bonchev–Trinajstić information content (AvgIpc) is 2.61. The molecule has 1 aliphatic rings. The van der Waals surface area contributed by atoms with Gasteiger partial charge in [-0.15, -0.1) is 0 Å². The summed E-state index contributed by atoms with van der Waals surface area (Å²) >= 11 is 7.07. The maximum Gasteiger partial charge on any atom is 0.145 e. The minimum atomic E-state index is 0.951. The second kappa shape index (κ2) is 4.37. The Bertz CT molecular complexity index is 406. The molecule has 1 nitrogen and oxygen atoms in total. The third-order valence-corrected chi connectivity index (χ3v) is 3.84. The smallest absolute Gasteiger partial charge is 0.145 e. The van der Waals surface area contributed by atoms with Crippen molar-refractivity contribution < 1.29 is 0 Å². The molecule has 0 bridgehead atoms. The monoisotopic (exact) mass is 235 g/mol. The molecular formula is C12H13NS2. The van der Waals surface area contributed by atoms with Gasteiger partial charge >= 0.3 is 0 Å². The second-order valence-electron chi connectivity index (χ2n) is 3.51. The summed E-state index contributed by atoms with van der Waals surface area (Å²) in [6.07, 6.45) is 2.13. The van der Waals surface area contributed by atoms with Crippen LogP contribution in [-0.2, 0) is 0 Å². The highest BCUT2D eigenvalue weighted by Gasteiger charge is 2.23. The van der Waals surface area contributed by atoms with Crippen LogP contribution in [0.1, 0.15) is 12.5 Å². The Hall–Kier alpha value is -0.800. The van der Waals surface area contributed by atoms with E-state index in [2.05, 4.69) is 49.1 Å². The Morgan fingerprint density at radius 1 is 1.33 bits per heavy atom. The van der Waals surface area contributed by atoms with Crippen molar-refractivity contribution in [3.8, 4) is 0 Å². The minimum absolute atomic E-state index is 0.951. The number of rotatable bonds is 1. The fourth-order valence-electron chi connectivity index (χ4n) is 1.56. The molecule has 0 radical (unpaired) electrons. The van der Waals surface area contributed by atoms with Crippen LogP contribution in [0.3, 0.4) is 0 Å². The highest BCUT2D eigenvalue weighted by atomic mass is 32.2. The van der Waals surface area contributed by atoms with E-state index < -0.39 is 0 Å². The maximum absolute atomic E-state index is 5.35. The van der Waals surface area contributed by atoms with E-state index in [0.29, 0.717) is 0 Å². The van der Waals surface area contributed by atoms with Gasteiger partial charge < -0.3 is 0 Å². The van der Waals surface area contributed by atoms with Gasteiger partial charge in [0.1, 0.15) is 4.32 Å². The van der Waals surface area contributed by atoms with E-state index in [-0.39, 0.29) is 0 Å². The summed E-state index contributed by atoms with van der Waals surface area (Å²) in [7, 11) is 0. The first-order chi connectivity index (χ1) is 7.22. The van der Waals surface area contributed by atoms with Gasteiger partial charge in [0.2, 0.25) is 0 Å². The summed E-state index contributed by atoms with van der Waals surface area (Å²) in [6.45, 7) is 4.16. The van der Waals surface area contributed by atoms with Gasteiger partial charge in [-0.2, -0.15) is 0 Å². The molecule has 0 aliphatic carbocycles. The van der Waals surface area contributed by atoms with Gasteiger partial charge in [-0.25, -0.2) is 0 Å². The molecule has 0 N–H and O–H groups in total. The molecule has 15 heavy (non-hydrogen) atoms. The summed E-state index contributed by atoms with van der Waals surface area (Å²) in [6, 6.07) is 8.48. The number of thiocarbonyl (C=S) groups is 1. The molecule has 0 amide bonds. The van der Waals surface area contributed by atoms with E-state index in [1.807, 2.05) is 0 Å². The van der Waals surface area contributed by atoms with Crippen molar-refractivity contribution in [1.29, 1.82) is 0 Å². The third-order valence-electron chi connectivity index (χ3n) is 2.44. The van der Waals surface area contributed by atoms with Crippen LogP contribution in [0.2, 0.25) is 0 Å². The molecule has 1 saturated heterocycles. The Balaban J connectivity index is 2.37. The lowest BCUT2D eigenvalue weighted by molar-refractivity contribution is 1.24. The SMILES string of the molecule is CC=C1CSC(=S)N1c1ccc(C)cc1. The van der Waals surface area contributed by atoms with Crippen LogP contribution in [0.5, 0.6) is 0 Å². The van der Waals surface area contributed by atoms with Gasteiger partial charge in [0, 0.05) is 17.1 Å². The number of thioether (sulfide) groups is 1. The van der Waals surface area contributed by atoms with E-state index in [4.69, 9.17) is 12.2 Å². The van der Waals surface area contributed by atoms with E-state index in [1.165, 1.54) is 16.9 Å². The molecule has 3 heteroatoms. The number of allylic oxidation sites excluding steroid dienone is 1. The third kappa shape index (κ3) is 2.08. The summed E-state index contributed by atoms with van der Waals surface area (Å²) in [5, 5.41) is 0. The van der Waals surface area contributed by atoms with Crippen LogP contribution in [-0.4, -0.2) is 10.1 Å². The van der Waals surface area contributed by atoms with Crippen molar-refractivity contribution >= 4 is 34.0 Å². The average molecular weight is 235 g/mol. The van der Waals surface area contributed by atoms with E-state index >= 15 is 0 Å². The molecule has 1 aromatic carbocycles. The molecule has 0 aromatic heterocycles. The molecule has 0 spiro atoms. The molecule has 0 saturated carbocycles. The molecule has 2 rings (SSSR count). The topological polar surface area (TPSA) is 3.24 Å². The number of nitrogens with zero attached hydrogens (tertiary/aromatic N) is 1. The van der Waals surface area contributed by atoms with Gasteiger partial charge in [-0.3, -0.25) is 4.90 Å². The highest BCUT2D eigenvalue weighted by molar-refractivity contribution is 8.24. The molecule has 78 valence electrons. The van der Waals surface area contributed by atoms with Gasteiger partial charge in [-0.05, 0) is 26.0 Å². The Morgan fingerprint density at radius 2 is 2.00 bits per heavy atom. The van der Waals surface area contributed by atoms with Gasteiger partial charge in [0.05, 0.1) is 0 Å². The number of hydrogen-bond donors (Lipinski definition) is 0. The maximum atomic E-state index is 5.35. The number of aryl methyl sites for hydroxylation is 1. The van der Waals surface area contributed by atoms with Crippen molar-refractivity contribution in [1.82, 2.24) is 0 Å². The van der Waals surface area contributed by atoms with Gasteiger partial charge in [0.25, 0.3) is 0 Å². The first-order valence-electron chi connectivity index (χ1n) is 4.91. The fraction of sp³-hybridized carbons (Fsp3) is 0.250. The quantitative estimate of drug-likeness (QED) is 0.683. The van der Waals surface area contributed by atoms with Crippen LogP contribution < -0.4 is 4.90 Å². The lowest BCUT2D eigenvalue weighted by Crippen LogP contribution is -2.20. The van der Waals surface area contributed by atoms with Crippen LogP contribution in [0.4, 0.5) is 5.69 Å². The largest absolute Gasteiger partial charge is 0.299 e. The standard InChI is InChI=1S/C12H13NS2/c1-3-10-8-15-12(14)13(10)11-6-4-9(2)5-7-11/h3-7H,8H2,1-2H3. The molecule has 1 heterocycles. The zero-order valence-corrected chi connectivity index (χ0v) is 10.5. The lowest BCUT2D eigenvalue weighted by atomic mass is 10.2. The van der Waals surface area contributed by atoms with E-state index in [9.17, 15) is 0 Å². The minimum Gasteiger partial charge on any atom is -0.299 e. The molecule has 0 unspecified atom stereocenters. The zero-order chi connectivity index (χ0) is 10.8. The van der Waals surface area contributed by atoms with Gasteiger partial charge in [0.15, 0.2) is 0 Å². The van der Waals surface area contributed by atoms with Crippen LogP contribution in [0, 0.1) is 6.92 Å². The fourth-order valence-corrected chi connectivity index (χ4v) is 2.88. The van der Waals surface area contributed by atoms with Crippen molar-refractivity contribution in [3.05, 3.63) is 41.6 Å². The predicted molar refractivity (Wildman–Crippen MR) is 72.5 cm³/mol.